The second kappa shape index (κ2) is 8.34. The van der Waals surface area contributed by atoms with Crippen LogP contribution < -0.4 is 5.32 Å². The van der Waals surface area contributed by atoms with E-state index >= 15 is 0 Å². The molecule has 6 heteroatoms. The van der Waals surface area contributed by atoms with Gasteiger partial charge in [-0.1, -0.05) is 60.1 Å². The monoisotopic (exact) mass is 402 g/mol. The molecule has 1 aromatic heterocycles. The van der Waals surface area contributed by atoms with Crippen molar-refractivity contribution in [3.63, 3.8) is 0 Å². The molecule has 5 nitrogen and oxygen atoms in total. The molecule has 1 saturated carbocycles. The highest BCUT2D eigenvalue weighted by Gasteiger charge is 2.25. The first-order valence-electron chi connectivity index (χ1n) is 9.43. The quantitative estimate of drug-likeness (QED) is 0.489. The summed E-state index contributed by atoms with van der Waals surface area (Å²) in [5.74, 6) is -0.340. The maximum atomic E-state index is 12.4. The molecular formula is C23H19ClN4O. The zero-order chi connectivity index (χ0) is 20.2. The van der Waals surface area contributed by atoms with Crippen molar-refractivity contribution in [1.29, 1.82) is 5.26 Å². The summed E-state index contributed by atoms with van der Waals surface area (Å²) in [6.07, 6.45) is 5.38. The number of nitrogens with one attached hydrogen (secondary N) is 1. The number of carbonyl (C=O) groups excluding carboxylic acids is 1. The number of hydrogen-bond donors (Lipinski definition) is 1. The number of amides is 1. The maximum Gasteiger partial charge on any atom is 0.262 e. The minimum absolute atomic E-state index is 0.0753. The first-order valence-corrected chi connectivity index (χ1v) is 9.81. The Balaban J connectivity index is 1.72. The van der Waals surface area contributed by atoms with Crippen molar-refractivity contribution in [2.24, 2.45) is 0 Å². The van der Waals surface area contributed by atoms with E-state index in [9.17, 15) is 10.1 Å². The van der Waals surface area contributed by atoms with Gasteiger partial charge in [0.05, 0.1) is 12.2 Å². The molecule has 29 heavy (non-hydrogen) atoms. The summed E-state index contributed by atoms with van der Waals surface area (Å²) in [7, 11) is 0. The summed E-state index contributed by atoms with van der Waals surface area (Å²) in [6.45, 7) is 0.490. The predicted octanol–water partition coefficient (Wildman–Crippen LogP) is 4.44. The predicted molar refractivity (Wildman–Crippen MR) is 113 cm³/mol. The van der Waals surface area contributed by atoms with E-state index in [0.29, 0.717) is 22.8 Å². The summed E-state index contributed by atoms with van der Waals surface area (Å²) < 4.78 is 1.78. The van der Waals surface area contributed by atoms with Gasteiger partial charge < -0.3 is 5.32 Å². The van der Waals surface area contributed by atoms with Crippen LogP contribution in [0.2, 0.25) is 5.02 Å². The van der Waals surface area contributed by atoms with Crippen molar-refractivity contribution in [2.75, 3.05) is 0 Å². The number of nitriles is 1. The van der Waals surface area contributed by atoms with Gasteiger partial charge in [0.15, 0.2) is 0 Å². The van der Waals surface area contributed by atoms with Crippen LogP contribution in [0.1, 0.15) is 24.0 Å². The topological polar surface area (TPSA) is 70.7 Å². The lowest BCUT2D eigenvalue weighted by Crippen LogP contribution is -2.26. The molecule has 0 spiro atoms. The SMILES string of the molecule is N#C/C(=C\c1cn(Cc2ccccc2Cl)nc1-c1ccccc1)C(=O)NC1CC1. The molecule has 0 atom stereocenters. The van der Waals surface area contributed by atoms with Crippen LogP contribution in [0.3, 0.4) is 0 Å². The minimum Gasteiger partial charge on any atom is -0.349 e. The molecule has 2 aromatic carbocycles. The number of hydrogen-bond acceptors (Lipinski definition) is 3. The van der Waals surface area contributed by atoms with Crippen molar-refractivity contribution in [2.45, 2.75) is 25.4 Å². The Labute approximate surface area is 174 Å². The summed E-state index contributed by atoms with van der Waals surface area (Å²) in [5, 5.41) is 17.7. The molecule has 144 valence electrons. The molecule has 4 rings (SSSR count). The van der Waals surface area contributed by atoms with Gasteiger partial charge in [-0.25, -0.2) is 0 Å². The highest BCUT2D eigenvalue weighted by Crippen LogP contribution is 2.26. The molecule has 1 fully saturated rings. The Kier molecular flexibility index (Phi) is 5.46. The Morgan fingerprint density at radius 1 is 1.21 bits per heavy atom. The van der Waals surface area contributed by atoms with Crippen LogP contribution >= 0.6 is 11.6 Å². The Morgan fingerprint density at radius 3 is 2.62 bits per heavy atom. The number of nitrogens with zero attached hydrogens (tertiary/aromatic N) is 3. The highest BCUT2D eigenvalue weighted by molar-refractivity contribution is 6.31. The lowest BCUT2D eigenvalue weighted by Gasteiger charge is -2.04. The number of aromatic nitrogens is 2. The molecule has 1 amide bonds. The Hall–Kier alpha value is -3.36. The smallest absolute Gasteiger partial charge is 0.262 e. The van der Waals surface area contributed by atoms with Gasteiger partial charge in [-0.05, 0) is 30.5 Å². The number of carbonyl (C=O) groups is 1. The van der Waals surface area contributed by atoms with Gasteiger partial charge in [-0.15, -0.1) is 0 Å². The zero-order valence-electron chi connectivity index (χ0n) is 15.7. The van der Waals surface area contributed by atoms with Gasteiger partial charge in [0.1, 0.15) is 11.6 Å². The second-order valence-corrected chi connectivity index (χ2v) is 7.41. The molecule has 1 aliphatic carbocycles. The fourth-order valence-corrected chi connectivity index (χ4v) is 3.24. The minimum atomic E-state index is -0.340. The fraction of sp³-hybridized carbons (Fsp3) is 0.174. The van der Waals surface area contributed by atoms with E-state index in [1.165, 1.54) is 0 Å². The van der Waals surface area contributed by atoms with Crippen LogP contribution in [0.25, 0.3) is 17.3 Å². The molecule has 0 unspecified atom stereocenters. The van der Waals surface area contributed by atoms with Crippen molar-refractivity contribution >= 4 is 23.6 Å². The van der Waals surface area contributed by atoms with E-state index < -0.39 is 0 Å². The molecule has 0 saturated heterocycles. The highest BCUT2D eigenvalue weighted by atomic mass is 35.5. The van der Waals surface area contributed by atoms with Crippen molar-refractivity contribution in [1.82, 2.24) is 15.1 Å². The third-order valence-corrected chi connectivity index (χ3v) is 5.07. The number of halogens is 1. The van der Waals surface area contributed by atoms with E-state index in [-0.39, 0.29) is 17.5 Å². The maximum absolute atomic E-state index is 12.4. The normalized spacial score (nSPS) is 13.7. The summed E-state index contributed by atoms with van der Waals surface area (Å²) in [6, 6.07) is 19.5. The second-order valence-electron chi connectivity index (χ2n) is 7.01. The lowest BCUT2D eigenvalue weighted by atomic mass is 10.1. The third kappa shape index (κ3) is 4.56. The van der Waals surface area contributed by atoms with Crippen LogP contribution in [-0.2, 0) is 11.3 Å². The first-order chi connectivity index (χ1) is 14.1. The van der Waals surface area contributed by atoms with Gasteiger partial charge in [0.25, 0.3) is 5.91 Å². The molecule has 1 aliphatic rings. The van der Waals surface area contributed by atoms with Crippen molar-refractivity contribution < 1.29 is 4.79 Å². The lowest BCUT2D eigenvalue weighted by molar-refractivity contribution is -0.117. The van der Waals surface area contributed by atoms with Crippen LogP contribution in [0, 0.1) is 11.3 Å². The molecule has 0 aliphatic heterocycles. The summed E-state index contributed by atoms with van der Waals surface area (Å²) in [5.41, 5.74) is 3.36. The van der Waals surface area contributed by atoms with Crippen LogP contribution in [0.15, 0.2) is 66.4 Å². The molecule has 1 N–H and O–H groups in total. The van der Waals surface area contributed by atoms with Crippen molar-refractivity contribution in [3.05, 3.63) is 82.5 Å². The molecule has 1 heterocycles. The average molecular weight is 403 g/mol. The molecule has 0 bridgehead atoms. The van der Waals surface area contributed by atoms with Crippen LogP contribution in [-0.4, -0.2) is 21.7 Å². The van der Waals surface area contributed by atoms with Gasteiger partial charge in [0, 0.05) is 28.4 Å². The summed E-state index contributed by atoms with van der Waals surface area (Å²) in [4.78, 5) is 12.4. The summed E-state index contributed by atoms with van der Waals surface area (Å²) >= 11 is 6.29. The van der Waals surface area contributed by atoms with E-state index in [1.54, 1.807) is 10.8 Å². The Morgan fingerprint density at radius 2 is 1.93 bits per heavy atom. The Bertz CT molecular complexity index is 1110. The van der Waals surface area contributed by atoms with Gasteiger partial charge in [-0.3, -0.25) is 9.48 Å². The number of rotatable bonds is 6. The van der Waals surface area contributed by atoms with E-state index in [4.69, 9.17) is 16.7 Å². The molecule has 3 aromatic rings. The standard InChI is InChI=1S/C23H19ClN4O/c24-21-9-5-4-8-17(21)14-28-15-19(22(27-28)16-6-2-1-3-7-16)12-18(13-25)23(29)26-20-10-11-20/h1-9,12,15,20H,10-11,14H2,(H,26,29)/b18-12+. The van der Waals surface area contributed by atoms with Gasteiger partial charge in [-0.2, -0.15) is 10.4 Å². The van der Waals surface area contributed by atoms with Gasteiger partial charge in [0.2, 0.25) is 0 Å². The van der Waals surface area contributed by atoms with E-state index in [1.807, 2.05) is 66.9 Å². The third-order valence-electron chi connectivity index (χ3n) is 4.70. The van der Waals surface area contributed by atoms with E-state index in [0.717, 1.165) is 24.0 Å². The van der Waals surface area contributed by atoms with Gasteiger partial charge >= 0.3 is 0 Å². The average Bonchev–Trinajstić information content (AvgIpc) is 3.46. The molecule has 0 radical (unpaired) electrons. The zero-order valence-corrected chi connectivity index (χ0v) is 16.4. The van der Waals surface area contributed by atoms with Crippen molar-refractivity contribution in [3.8, 4) is 17.3 Å². The molecular weight excluding hydrogens is 384 g/mol. The van der Waals surface area contributed by atoms with Crippen LogP contribution in [0.4, 0.5) is 0 Å². The fourth-order valence-electron chi connectivity index (χ4n) is 3.04. The van der Waals surface area contributed by atoms with Crippen LogP contribution in [0.5, 0.6) is 0 Å². The largest absolute Gasteiger partial charge is 0.349 e. The van der Waals surface area contributed by atoms with E-state index in [2.05, 4.69) is 5.32 Å². The number of benzene rings is 2. The first kappa shape index (κ1) is 19.0.